The van der Waals surface area contributed by atoms with Crippen LogP contribution in [0.15, 0.2) is 39.1 Å². The van der Waals surface area contributed by atoms with Gasteiger partial charge in [-0.25, -0.2) is 8.42 Å². The van der Waals surface area contributed by atoms with Gasteiger partial charge in [-0.15, -0.1) is 11.3 Å². The summed E-state index contributed by atoms with van der Waals surface area (Å²) < 4.78 is 38.9. The SMILES string of the molecule is COc1ccc(C)cc1S(=O)(=O)Nc1ccsc1-c1nc(C2CC2)no1. The van der Waals surface area contributed by atoms with Gasteiger partial charge in [0.25, 0.3) is 15.9 Å². The van der Waals surface area contributed by atoms with Gasteiger partial charge in [0.1, 0.15) is 15.5 Å². The van der Waals surface area contributed by atoms with E-state index >= 15 is 0 Å². The Balaban J connectivity index is 1.67. The van der Waals surface area contributed by atoms with Crippen molar-refractivity contribution in [1.29, 1.82) is 0 Å². The number of anilines is 1. The molecule has 136 valence electrons. The number of thiophene rings is 1. The summed E-state index contributed by atoms with van der Waals surface area (Å²) in [4.78, 5) is 5.08. The van der Waals surface area contributed by atoms with Gasteiger partial charge in [0, 0.05) is 5.92 Å². The fraction of sp³-hybridized carbons (Fsp3) is 0.294. The summed E-state index contributed by atoms with van der Waals surface area (Å²) in [6.45, 7) is 1.83. The number of nitrogens with one attached hydrogen (secondary N) is 1. The van der Waals surface area contributed by atoms with Gasteiger partial charge in [-0.05, 0) is 48.9 Å². The van der Waals surface area contributed by atoms with Crippen LogP contribution in [0.3, 0.4) is 0 Å². The quantitative estimate of drug-likeness (QED) is 0.687. The highest BCUT2D eigenvalue weighted by Gasteiger charge is 2.30. The van der Waals surface area contributed by atoms with Gasteiger partial charge in [-0.3, -0.25) is 4.72 Å². The van der Waals surface area contributed by atoms with Crippen molar-refractivity contribution in [2.75, 3.05) is 11.8 Å². The third-order valence-electron chi connectivity index (χ3n) is 4.10. The first kappa shape index (κ1) is 17.0. The van der Waals surface area contributed by atoms with Crippen molar-refractivity contribution in [3.05, 3.63) is 41.0 Å². The second-order valence-corrected chi connectivity index (χ2v) is 8.72. The Labute approximate surface area is 155 Å². The summed E-state index contributed by atoms with van der Waals surface area (Å²) in [7, 11) is -2.39. The molecular formula is C17H17N3O4S2. The topological polar surface area (TPSA) is 94.3 Å². The van der Waals surface area contributed by atoms with Gasteiger partial charge in [0.05, 0.1) is 12.8 Å². The summed E-state index contributed by atoms with van der Waals surface area (Å²) in [5.74, 6) is 1.66. The first-order chi connectivity index (χ1) is 12.5. The number of methoxy groups -OCH3 is 1. The summed E-state index contributed by atoms with van der Waals surface area (Å²) in [5.41, 5.74) is 1.23. The van der Waals surface area contributed by atoms with Crippen molar-refractivity contribution < 1.29 is 17.7 Å². The Morgan fingerprint density at radius 1 is 1.31 bits per heavy atom. The molecule has 3 aromatic rings. The van der Waals surface area contributed by atoms with E-state index in [-0.39, 0.29) is 10.6 Å². The van der Waals surface area contributed by atoms with Gasteiger partial charge >= 0.3 is 0 Å². The molecule has 26 heavy (non-hydrogen) atoms. The Bertz CT molecular complexity index is 1050. The highest BCUT2D eigenvalue weighted by molar-refractivity contribution is 7.92. The van der Waals surface area contributed by atoms with E-state index in [9.17, 15) is 8.42 Å². The van der Waals surface area contributed by atoms with Crippen LogP contribution in [-0.4, -0.2) is 25.7 Å². The van der Waals surface area contributed by atoms with Gasteiger partial charge < -0.3 is 9.26 Å². The van der Waals surface area contributed by atoms with E-state index in [0.717, 1.165) is 18.4 Å². The standard InChI is InChI=1S/C17H17N3O4S2/c1-10-3-6-13(23-2)14(9-10)26(21,22)20-12-7-8-25-15(12)17-18-16(19-24-17)11-4-5-11/h3,6-9,11,20H,4-5H2,1-2H3. The van der Waals surface area contributed by atoms with Gasteiger partial charge in [0.2, 0.25) is 0 Å². The number of sulfonamides is 1. The molecule has 0 amide bonds. The maximum atomic E-state index is 12.9. The molecule has 0 spiro atoms. The molecule has 0 bridgehead atoms. The van der Waals surface area contributed by atoms with Crippen LogP contribution in [0.4, 0.5) is 5.69 Å². The minimum absolute atomic E-state index is 0.0846. The van der Waals surface area contributed by atoms with Crippen LogP contribution in [0.25, 0.3) is 10.8 Å². The molecule has 0 radical (unpaired) electrons. The second-order valence-electron chi connectivity index (χ2n) is 6.16. The fourth-order valence-corrected chi connectivity index (χ4v) is 4.74. The van der Waals surface area contributed by atoms with Crippen molar-refractivity contribution >= 4 is 27.0 Å². The maximum Gasteiger partial charge on any atom is 0.270 e. The lowest BCUT2D eigenvalue weighted by Crippen LogP contribution is -2.14. The fourth-order valence-electron chi connectivity index (χ4n) is 2.58. The molecule has 0 saturated heterocycles. The minimum Gasteiger partial charge on any atom is -0.495 e. The van der Waals surface area contributed by atoms with Crippen molar-refractivity contribution in [1.82, 2.24) is 10.1 Å². The molecule has 9 heteroatoms. The van der Waals surface area contributed by atoms with E-state index in [1.54, 1.807) is 29.6 Å². The molecule has 1 aliphatic carbocycles. The van der Waals surface area contributed by atoms with Crippen molar-refractivity contribution in [2.45, 2.75) is 30.6 Å². The number of ether oxygens (including phenoxy) is 1. The normalized spacial score (nSPS) is 14.4. The molecule has 1 aromatic carbocycles. The number of nitrogens with zero attached hydrogens (tertiary/aromatic N) is 2. The molecule has 2 heterocycles. The molecule has 7 nitrogen and oxygen atoms in total. The van der Waals surface area contributed by atoms with Gasteiger partial charge in [-0.1, -0.05) is 11.2 Å². The smallest absolute Gasteiger partial charge is 0.270 e. The Morgan fingerprint density at radius 3 is 2.85 bits per heavy atom. The second kappa shape index (κ2) is 6.40. The monoisotopic (exact) mass is 391 g/mol. The predicted octanol–water partition coefficient (Wildman–Crippen LogP) is 3.79. The Hall–Kier alpha value is -2.39. The summed E-state index contributed by atoms with van der Waals surface area (Å²) in [5, 5.41) is 5.77. The van der Waals surface area contributed by atoms with Crippen LogP contribution >= 0.6 is 11.3 Å². The number of benzene rings is 1. The van der Waals surface area contributed by atoms with Gasteiger partial charge in [-0.2, -0.15) is 4.98 Å². The van der Waals surface area contributed by atoms with Crippen LogP contribution < -0.4 is 9.46 Å². The molecule has 1 saturated carbocycles. The van der Waals surface area contributed by atoms with E-state index in [4.69, 9.17) is 9.26 Å². The van der Waals surface area contributed by atoms with Crippen LogP contribution in [0.2, 0.25) is 0 Å². The van der Waals surface area contributed by atoms with E-state index in [2.05, 4.69) is 14.9 Å². The van der Waals surface area contributed by atoms with E-state index < -0.39 is 10.0 Å². The minimum atomic E-state index is -3.83. The Kier molecular flexibility index (Phi) is 4.20. The first-order valence-corrected chi connectivity index (χ1v) is 10.4. The number of aryl methyl sites for hydroxylation is 1. The molecule has 1 aliphatic rings. The van der Waals surface area contributed by atoms with Crippen LogP contribution in [0.1, 0.15) is 30.1 Å². The van der Waals surface area contributed by atoms with E-state index in [1.165, 1.54) is 18.4 Å². The summed E-state index contributed by atoms with van der Waals surface area (Å²) >= 11 is 1.34. The van der Waals surface area contributed by atoms with Crippen LogP contribution in [0.5, 0.6) is 5.75 Å². The number of rotatable bonds is 6. The zero-order valence-corrected chi connectivity index (χ0v) is 15.9. The van der Waals surface area contributed by atoms with Gasteiger partial charge in [0.15, 0.2) is 5.82 Å². The highest BCUT2D eigenvalue weighted by atomic mass is 32.2. The lowest BCUT2D eigenvalue weighted by molar-refractivity contribution is 0.402. The number of aromatic nitrogens is 2. The van der Waals surface area contributed by atoms with Crippen molar-refractivity contribution in [2.24, 2.45) is 0 Å². The summed E-state index contributed by atoms with van der Waals surface area (Å²) in [6, 6.07) is 6.69. The van der Waals surface area contributed by atoms with Crippen molar-refractivity contribution in [3.8, 4) is 16.5 Å². The third kappa shape index (κ3) is 3.19. The molecule has 0 unspecified atom stereocenters. The molecule has 0 aliphatic heterocycles. The molecule has 0 atom stereocenters. The predicted molar refractivity (Wildman–Crippen MR) is 98.1 cm³/mol. The third-order valence-corrected chi connectivity index (χ3v) is 6.39. The molecule has 1 fully saturated rings. The molecule has 1 N–H and O–H groups in total. The number of hydrogen-bond acceptors (Lipinski definition) is 7. The van der Waals surface area contributed by atoms with Crippen molar-refractivity contribution in [3.63, 3.8) is 0 Å². The molecular weight excluding hydrogens is 374 g/mol. The largest absolute Gasteiger partial charge is 0.495 e. The van der Waals surface area contributed by atoms with E-state index in [0.29, 0.717) is 28.2 Å². The zero-order chi connectivity index (χ0) is 18.3. The summed E-state index contributed by atoms with van der Waals surface area (Å²) in [6.07, 6.45) is 2.13. The average molecular weight is 391 g/mol. The Morgan fingerprint density at radius 2 is 2.12 bits per heavy atom. The number of hydrogen-bond donors (Lipinski definition) is 1. The van der Waals surface area contributed by atoms with E-state index in [1.807, 2.05) is 6.92 Å². The zero-order valence-electron chi connectivity index (χ0n) is 14.2. The first-order valence-electron chi connectivity index (χ1n) is 8.07. The molecule has 4 rings (SSSR count). The average Bonchev–Trinajstić information content (AvgIpc) is 3.17. The molecule has 2 aromatic heterocycles. The van der Waals surface area contributed by atoms with Crippen LogP contribution in [0, 0.1) is 6.92 Å². The maximum absolute atomic E-state index is 12.9. The lowest BCUT2D eigenvalue weighted by Gasteiger charge is -2.12. The lowest BCUT2D eigenvalue weighted by atomic mass is 10.2. The van der Waals surface area contributed by atoms with Crippen LogP contribution in [-0.2, 0) is 10.0 Å². The highest BCUT2D eigenvalue weighted by Crippen LogP contribution is 2.41.